The number of likely N-dealkylation sites (tertiary alicyclic amines) is 1. The predicted octanol–water partition coefficient (Wildman–Crippen LogP) is 2.77. The van der Waals surface area contributed by atoms with Crippen LogP contribution in [-0.4, -0.2) is 70.3 Å². The van der Waals surface area contributed by atoms with Crippen LogP contribution in [0.1, 0.15) is 57.6 Å². The highest BCUT2D eigenvalue weighted by atomic mass is 16.3. The second-order valence-corrected chi connectivity index (χ2v) is 9.27. The van der Waals surface area contributed by atoms with E-state index in [4.69, 9.17) is 0 Å². The van der Waals surface area contributed by atoms with Crippen molar-refractivity contribution in [3.63, 3.8) is 0 Å². The molecule has 1 heterocycles. The number of aryl methyl sites for hydroxylation is 1. The number of nitrogens with one attached hydrogen (secondary N) is 1. The van der Waals surface area contributed by atoms with Crippen LogP contribution >= 0.6 is 0 Å². The van der Waals surface area contributed by atoms with Crippen LogP contribution in [0, 0.1) is 12.8 Å². The van der Waals surface area contributed by atoms with Crippen LogP contribution in [0.25, 0.3) is 0 Å². The van der Waals surface area contributed by atoms with E-state index in [1.54, 1.807) is 19.1 Å². The van der Waals surface area contributed by atoms with Crippen molar-refractivity contribution in [2.75, 3.05) is 26.7 Å². The van der Waals surface area contributed by atoms with E-state index in [0.717, 1.165) is 17.7 Å². The Labute approximate surface area is 185 Å². The molecule has 0 bridgehead atoms. The number of likely N-dealkylation sites (N-methyl/N-ethyl adjacent to an activating group) is 1. The Bertz CT molecular complexity index is 844. The molecule has 1 aliphatic heterocycles. The molecule has 1 aliphatic carbocycles. The third kappa shape index (κ3) is 3.82. The van der Waals surface area contributed by atoms with Gasteiger partial charge in [-0.25, -0.2) is 4.79 Å². The van der Waals surface area contributed by atoms with Gasteiger partial charge in [0.1, 0.15) is 5.75 Å². The Balaban J connectivity index is 2.05. The summed E-state index contributed by atoms with van der Waals surface area (Å²) < 4.78 is 0. The molecule has 4 unspecified atom stereocenters. The molecule has 2 fully saturated rings. The van der Waals surface area contributed by atoms with Gasteiger partial charge in [-0.15, -0.1) is 0 Å². The third-order valence-electron chi connectivity index (χ3n) is 7.78. The smallest absolute Gasteiger partial charge is 0.324 e. The normalized spacial score (nSPS) is 31.0. The molecule has 7 heteroatoms. The molecule has 4 atom stereocenters. The minimum Gasteiger partial charge on any atom is -0.508 e. The minimum absolute atomic E-state index is 0.0929. The zero-order valence-corrected chi connectivity index (χ0v) is 19.4. The van der Waals surface area contributed by atoms with Gasteiger partial charge < -0.3 is 20.4 Å². The number of aromatic hydroxyl groups is 1. The van der Waals surface area contributed by atoms with Crippen LogP contribution in [0.4, 0.5) is 4.79 Å². The molecular formula is C24H37N3O4. The Kier molecular flexibility index (Phi) is 6.67. The molecule has 31 heavy (non-hydrogen) atoms. The summed E-state index contributed by atoms with van der Waals surface area (Å²) in [6.45, 7) is 9.22. The number of rotatable bonds is 4. The number of benzene rings is 1. The standard InChI is InChI=1S/C24H37N3O4/c1-6-25-22(30)27(7-2)21(29)18-10-11-24(31)17(4)26(5)13-12-23(24,15-18)20-14-19(28)9-8-16(20)3/h8-9,14,17-18,28,31H,6-7,10-13,15H2,1-5H3,(H,25,30). The number of hydrogen-bond donors (Lipinski definition) is 3. The van der Waals surface area contributed by atoms with E-state index in [-0.39, 0.29) is 29.6 Å². The van der Waals surface area contributed by atoms with Crippen molar-refractivity contribution >= 4 is 11.9 Å². The molecular weight excluding hydrogens is 394 g/mol. The molecule has 1 aromatic carbocycles. The lowest BCUT2D eigenvalue weighted by atomic mass is 9.51. The van der Waals surface area contributed by atoms with Crippen molar-refractivity contribution in [3.8, 4) is 5.75 Å². The Hall–Kier alpha value is -2.12. The summed E-state index contributed by atoms with van der Waals surface area (Å²) >= 11 is 0. The highest BCUT2D eigenvalue weighted by molar-refractivity contribution is 5.95. The zero-order valence-electron chi connectivity index (χ0n) is 19.4. The first kappa shape index (κ1) is 23.5. The molecule has 2 aliphatic rings. The van der Waals surface area contributed by atoms with Crippen molar-refractivity contribution in [1.29, 1.82) is 0 Å². The number of phenols is 1. The van der Waals surface area contributed by atoms with Crippen LogP contribution in [-0.2, 0) is 10.2 Å². The number of aliphatic hydroxyl groups is 1. The molecule has 0 aromatic heterocycles. The van der Waals surface area contributed by atoms with Gasteiger partial charge in [0.25, 0.3) is 0 Å². The van der Waals surface area contributed by atoms with E-state index >= 15 is 0 Å². The van der Waals surface area contributed by atoms with Crippen molar-refractivity contribution in [2.45, 2.75) is 70.4 Å². The fourth-order valence-electron chi connectivity index (χ4n) is 5.87. The molecule has 0 spiro atoms. The predicted molar refractivity (Wildman–Crippen MR) is 120 cm³/mol. The first-order valence-corrected chi connectivity index (χ1v) is 11.4. The number of carbonyl (C=O) groups is 2. The monoisotopic (exact) mass is 431 g/mol. The molecule has 7 nitrogen and oxygen atoms in total. The van der Waals surface area contributed by atoms with Gasteiger partial charge in [0.05, 0.1) is 5.60 Å². The van der Waals surface area contributed by atoms with E-state index in [0.29, 0.717) is 38.8 Å². The number of phenolic OH excluding ortho intramolecular Hbond substituents is 1. The number of nitrogens with zero attached hydrogens (tertiary/aromatic N) is 2. The molecule has 1 saturated heterocycles. The molecule has 1 saturated carbocycles. The van der Waals surface area contributed by atoms with Crippen molar-refractivity contribution in [1.82, 2.24) is 15.1 Å². The average molecular weight is 432 g/mol. The number of fused-ring (bicyclic) bond motifs is 1. The average Bonchev–Trinajstić information content (AvgIpc) is 2.74. The summed E-state index contributed by atoms with van der Waals surface area (Å²) in [5, 5.41) is 25.1. The van der Waals surface area contributed by atoms with Gasteiger partial charge in [-0.2, -0.15) is 0 Å². The van der Waals surface area contributed by atoms with E-state index in [9.17, 15) is 19.8 Å². The molecule has 3 rings (SSSR count). The number of urea groups is 1. The second-order valence-electron chi connectivity index (χ2n) is 9.27. The van der Waals surface area contributed by atoms with Gasteiger partial charge in [0.15, 0.2) is 0 Å². The lowest BCUT2D eigenvalue weighted by Gasteiger charge is -2.61. The Morgan fingerprint density at radius 1 is 1.29 bits per heavy atom. The number of amides is 3. The maximum Gasteiger partial charge on any atom is 0.324 e. The van der Waals surface area contributed by atoms with Gasteiger partial charge in [-0.1, -0.05) is 6.07 Å². The third-order valence-corrected chi connectivity index (χ3v) is 7.78. The van der Waals surface area contributed by atoms with Gasteiger partial charge in [-0.3, -0.25) is 9.69 Å². The number of hydrogen-bond acceptors (Lipinski definition) is 5. The molecule has 3 amide bonds. The summed E-state index contributed by atoms with van der Waals surface area (Å²) in [6.07, 6.45) is 2.15. The zero-order chi connectivity index (χ0) is 23.0. The summed E-state index contributed by atoms with van der Waals surface area (Å²) in [5.41, 5.74) is 0.213. The van der Waals surface area contributed by atoms with Crippen LogP contribution in [0.15, 0.2) is 18.2 Å². The van der Waals surface area contributed by atoms with Crippen LogP contribution in [0.5, 0.6) is 5.75 Å². The first-order chi connectivity index (χ1) is 14.6. The minimum atomic E-state index is -1.03. The fourth-order valence-corrected chi connectivity index (χ4v) is 5.87. The number of imide groups is 1. The van der Waals surface area contributed by atoms with Crippen LogP contribution in [0.2, 0.25) is 0 Å². The number of carbonyl (C=O) groups excluding carboxylic acids is 2. The highest BCUT2D eigenvalue weighted by Gasteiger charge is 2.61. The van der Waals surface area contributed by atoms with E-state index in [1.807, 2.05) is 33.9 Å². The maximum absolute atomic E-state index is 13.4. The molecule has 1 aromatic rings. The summed E-state index contributed by atoms with van der Waals surface area (Å²) in [5.74, 6) is -0.380. The largest absolute Gasteiger partial charge is 0.508 e. The van der Waals surface area contributed by atoms with Crippen molar-refractivity contribution < 1.29 is 19.8 Å². The van der Waals surface area contributed by atoms with Crippen molar-refractivity contribution in [3.05, 3.63) is 29.3 Å². The molecule has 172 valence electrons. The topological polar surface area (TPSA) is 93.1 Å². The van der Waals surface area contributed by atoms with Crippen molar-refractivity contribution in [2.24, 2.45) is 5.92 Å². The summed E-state index contributed by atoms with van der Waals surface area (Å²) in [7, 11) is 2.02. The maximum atomic E-state index is 13.4. The lowest BCUT2D eigenvalue weighted by Crippen LogP contribution is -2.69. The summed E-state index contributed by atoms with van der Waals surface area (Å²) in [6, 6.07) is 4.83. The Morgan fingerprint density at radius 3 is 2.65 bits per heavy atom. The first-order valence-electron chi connectivity index (χ1n) is 11.4. The van der Waals surface area contributed by atoms with E-state index in [1.165, 1.54) is 4.90 Å². The molecule has 3 N–H and O–H groups in total. The van der Waals surface area contributed by atoms with E-state index < -0.39 is 11.0 Å². The van der Waals surface area contributed by atoms with Crippen LogP contribution in [0.3, 0.4) is 0 Å². The van der Waals surface area contributed by atoms with Gasteiger partial charge in [0.2, 0.25) is 5.91 Å². The van der Waals surface area contributed by atoms with Gasteiger partial charge >= 0.3 is 6.03 Å². The van der Waals surface area contributed by atoms with Crippen LogP contribution < -0.4 is 5.32 Å². The SMILES string of the molecule is CCNC(=O)N(CC)C(=O)C1CCC2(O)C(C)N(C)CCC2(c2cc(O)ccc2C)C1. The van der Waals surface area contributed by atoms with Gasteiger partial charge in [0, 0.05) is 30.5 Å². The molecule has 0 radical (unpaired) electrons. The number of piperidine rings is 1. The summed E-state index contributed by atoms with van der Waals surface area (Å²) in [4.78, 5) is 29.3. The quantitative estimate of drug-likeness (QED) is 0.682. The highest BCUT2D eigenvalue weighted by Crippen LogP contribution is 2.56. The van der Waals surface area contributed by atoms with Gasteiger partial charge in [-0.05, 0) is 90.2 Å². The lowest BCUT2D eigenvalue weighted by molar-refractivity contribution is -0.165. The Morgan fingerprint density at radius 2 is 2.00 bits per heavy atom. The second kappa shape index (κ2) is 8.79. The van der Waals surface area contributed by atoms with E-state index in [2.05, 4.69) is 10.2 Å². The fraction of sp³-hybridized carbons (Fsp3) is 0.667.